The number of rotatable bonds is 5. The molecule has 1 N–H and O–H groups in total. The van der Waals surface area contributed by atoms with Gasteiger partial charge in [-0.05, 0) is 18.1 Å². The third-order valence-corrected chi connectivity index (χ3v) is 3.43. The van der Waals surface area contributed by atoms with E-state index in [-0.39, 0.29) is 12.3 Å². The van der Waals surface area contributed by atoms with E-state index in [1.165, 1.54) is 0 Å². The minimum Gasteiger partial charge on any atom is -0.481 e. The predicted octanol–water partition coefficient (Wildman–Crippen LogP) is 2.86. The first-order chi connectivity index (χ1) is 8.65. The Morgan fingerprint density at radius 2 is 2.39 bits per heavy atom. The second kappa shape index (κ2) is 5.73. The van der Waals surface area contributed by atoms with Crippen molar-refractivity contribution in [3.8, 4) is 11.3 Å². The van der Waals surface area contributed by atoms with Crippen molar-refractivity contribution in [2.45, 2.75) is 19.8 Å². The number of carboxylic acids is 1. The van der Waals surface area contributed by atoms with E-state index in [9.17, 15) is 4.79 Å². The zero-order valence-electron chi connectivity index (χ0n) is 10.0. The van der Waals surface area contributed by atoms with Gasteiger partial charge in [0.25, 0.3) is 0 Å². The summed E-state index contributed by atoms with van der Waals surface area (Å²) in [5, 5.41) is 11.7. The number of hydrogen-bond acceptors (Lipinski definition) is 4. The van der Waals surface area contributed by atoms with Gasteiger partial charge in [0.1, 0.15) is 0 Å². The Morgan fingerprint density at radius 3 is 3.06 bits per heavy atom. The van der Waals surface area contributed by atoms with E-state index >= 15 is 0 Å². The van der Waals surface area contributed by atoms with Crippen LogP contribution in [0.15, 0.2) is 29.9 Å². The van der Waals surface area contributed by atoms with Gasteiger partial charge in [0.05, 0.1) is 10.7 Å². The van der Waals surface area contributed by atoms with Crippen molar-refractivity contribution >= 4 is 17.3 Å². The normalized spacial score (nSPS) is 12.3. The quantitative estimate of drug-likeness (QED) is 0.900. The van der Waals surface area contributed by atoms with Gasteiger partial charge in [-0.1, -0.05) is 6.92 Å². The molecule has 2 heterocycles. The van der Waals surface area contributed by atoms with Crippen LogP contribution in [0, 0.1) is 5.92 Å². The molecule has 5 heteroatoms. The molecule has 0 spiro atoms. The lowest BCUT2D eigenvalue weighted by molar-refractivity contribution is -0.137. The molecular weight excluding hydrogens is 248 g/mol. The first kappa shape index (κ1) is 12.7. The van der Waals surface area contributed by atoms with Crippen molar-refractivity contribution in [2.75, 3.05) is 0 Å². The number of carbonyl (C=O) groups is 1. The van der Waals surface area contributed by atoms with Gasteiger partial charge in [-0.3, -0.25) is 9.78 Å². The summed E-state index contributed by atoms with van der Waals surface area (Å²) >= 11 is 1.57. The molecule has 1 atom stereocenters. The molecule has 0 aliphatic rings. The molecule has 4 nitrogen and oxygen atoms in total. The number of carboxylic acid groups (broad SMARTS) is 1. The fourth-order valence-electron chi connectivity index (χ4n) is 1.72. The maximum atomic E-state index is 10.6. The lowest BCUT2D eigenvalue weighted by Crippen LogP contribution is -2.06. The molecule has 0 fully saturated rings. The molecular formula is C13H14N2O2S. The van der Waals surface area contributed by atoms with Gasteiger partial charge in [-0.15, -0.1) is 11.3 Å². The average Bonchev–Trinajstić information content (AvgIpc) is 2.77. The molecule has 0 saturated carbocycles. The van der Waals surface area contributed by atoms with E-state index in [4.69, 9.17) is 5.11 Å². The molecule has 0 amide bonds. The third kappa shape index (κ3) is 3.37. The smallest absolute Gasteiger partial charge is 0.303 e. The van der Waals surface area contributed by atoms with Crippen LogP contribution in [0.25, 0.3) is 11.3 Å². The van der Waals surface area contributed by atoms with Crippen LogP contribution >= 0.6 is 11.3 Å². The molecule has 0 radical (unpaired) electrons. The Balaban J connectivity index is 2.05. The molecule has 0 saturated heterocycles. The highest BCUT2D eigenvalue weighted by atomic mass is 32.1. The number of nitrogens with zero attached hydrogens (tertiary/aromatic N) is 2. The Kier molecular flexibility index (Phi) is 4.04. The Labute approximate surface area is 109 Å². The maximum Gasteiger partial charge on any atom is 0.303 e. The number of pyridine rings is 1. The fourth-order valence-corrected chi connectivity index (χ4v) is 2.69. The zero-order chi connectivity index (χ0) is 13.0. The Morgan fingerprint density at radius 1 is 1.56 bits per heavy atom. The average molecular weight is 262 g/mol. The summed E-state index contributed by atoms with van der Waals surface area (Å²) in [5.74, 6) is -0.651. The van der Waals surface area contributed by atoms with Gasteiger partial charge >= 0.3 is 5.97 Å². The van der Waals surface area contributed by atoms with Gasteiger partial charge in [0, 0.05) is 36.2 Å². The summed E-state index contributed by atoms with van der Waals surface area (Å²) in [6, 6.07) is 3.84. The molecule has 0 aliphatic heterocycles. The molecule has 2 aromatic rings. The van der Waals surface area contributed by atoms with Crippen LogP contribution in [-0.2, 0) is 11.2 Å². The van der Waals surface area contributed by atoms with E-state index in [1.54, 1.807) is 23.7 Å². The molecule has 2 rings (SSSR count). The van der Waals surface area contributed by atoms with Crippen LogP contribution in [0.4, 0.5) is 0 Å². The minimum atomic E-state index is -0.758. The fraction of sp³-hybridized carbons (Fsp3) is 0.308. The van der Waals surface area contributed by atoms with Crippen LogP contribution in [0.2, 0.25) is 0 Å². The largest absolute Gasteiger partial charge is 0.481 e. The van der Waals surface area contributed by atoms with Crippen molar-refractivity contribution in [3.63, 3.8) is 0 Å². The van der Waals surface area contributed by atoms with Crippen LogP contribution in [-0.4, -0.2) is 21.0 Å². The predicted molar refractivity (Wildman–Crippen MR) is 70.5 cm³/mol. The number of aromatic nitrogens is 2. The molecule has 0 bridgehead atoms. The summed E-state index contributed by atoms with van der Waals surface area (Å²) in [7, 11) is 0. The lowest BCUT2D eigenvalue weighted by atomic mass is 10.1. The topological polar surface area (TPSA) is 63.1 Å². The van der Waals surface area contributed by atoms with Crippen LogP contribution in [0.1, 0.15) is 18.4 Å². The second-order valence-electron chi connectivity index (χ2n) is 4.28. The summed E-state index contributed by atoms with van der Waals surface area (Å²) in [5.41, 5.74) is 1.90. The van der Waals surface area contributed by atoms with Crippen LogP contribution in [0.5, 0.6) is 0 Å². The second-order valence-corrected chi connectivity index (χ2v) is 5.22. The zero-order valence-corrected chi connectivity index (χ0v) is 10.9. The van der Waals surface area contributed by atoms with Gasteiger partial charge in [0.2, 0.25) is 0 Å². The van der Waals surface area contributed by atoms with Crippen molar-refractivity contribution in [1.82, 2.24) is 9.97 Å². The first-order valence-corrected chi connectivity index (χ1v) is 6.59. The molecule has 18 heavy (non-hydrogen) atoms. The van der Waals surface area contributed by atoms with Gasteiger partial charge < -0.3 is 5.11 Å². The van der Waals surface area contributed by atoms with Gasteiger partial charge in [-0.2, -0.15) is 0 Å². The maximum absolute atomic E-state index is 10.6. The first-order valence-electron chi connectivity index (χ1n) is 5.71. The molecule has 1 unspecified atom stereocenters. The van der Waals surface area contributed by atoms with Crippen LogP contribution in [0.3, 0.4) is 0 Å². The van der Waals surface area contributed by atoms with Crippen molar-refractivity contribution < 1.29 is 9.90 Å². The van der Waals surface area contributed by atoms with Crippen LogP contribution < -0.4 is 0 Å². The van der Waals surface area contributed by atoms with Crippen molar-refractivity contribution in [2.24, 2.45) is 5.92 Å². The monoisotopic (exact) mass is 262 g/mol. The summed E-state index contributed by atoms with van der Waals surface area (Å²) in [6.07, 6.45) is 4.39. The number of aliphatic carboxylic acids is 1. The molecule has 0 aliphatic carbocycles. The minimum absolute atomic E-state index is 0.107. The van der Waals surface area contributed by atoms with Crippen molar-refractivity contribution in [3.05, 3.63) is 34.9 Å². The summed E-state index contributed by atoms with van der Waals surface area (Å²) < 4.78 is 0. The third-order valence-electron chi connectivity index (χ3n) is 2.56. The summed E-state index contributed by atoms with van der Waals surface area (Å²) in [4.78, 5) is 19.2. The lowest BCUT2D eigenvalue weighted by Gasteiger charge is -2.04. The number of hydrogen-bond donors (Lipinski definition) is 1. The molecule has 94 valence electrons. The van der Waals surface area contributed by atoms with E-state index in [0.29, 0.717) is 6.42 Å². The highest BCUT2D eigenvalue weighted by Crippen LogP contribution is 2.23. The highest BCUT2D eigenvalue weighted by molar-refractivity contribution is 7.09. The standard InChI is InChI=1S/C13H14N2O2S/c1-9(6-13(16)17)5-12-15-11(8-18-12)10-3-2-4-14-7-10/h2-4,7-9H,5-6H2,1H3,(H,16,17). The van der Waals surface area contributed by atoms with E-state index < -0.39 is 5.97 Å². The Bertz CT molecular complexity index is 525. The van der Waals surface area contributed by atoms with E-state index in [0.717, 1.165) is 16.3 Å². The highest BCUT2D eigenvalue weighted by Gasteiger charge is 2.11. The molecule has 0 aromatic carbocycles. The summed E-state index contributed by atoms with van der Waals surface area (Å²) in [6.45, 7) is 1.93. The molecule has 2 aromatic heterocycles. The van der Waals surface area contributed by atoms with Gasteiger partial charge in [-0.25, -0.2) is 4.98 Å². The van der Waals surface area contributed by atoms with Crippen molar-refractivity contribution in [1.29, 1.82) is 0 Å². The van der Waals surface area contributed by atoms with Gasteiger partial charge in [0.15, 0.2) is 0 Å². The van der Waals surface area contributed by atoms with E-state index in [1.807, 2.05) is 24.4 Å². The number of thiazole rings is 1. The van der Waals surface area contributed by atoms with E-state index in [2.05, 4.69) is 9.97 Å². The SMILES string of the molecule is CC(CC(=O)O)Cc1nc(-c2cccnc2)cs1. The Hall–Kier alpha value is -1.75.